The molecule has 3 rings (SSSR count). The zero-order chi connectivity index (χ0) is 19.8. The smallest absolute Gasteiger partial charge is 0.433 e. The summed E-state index contributed by atoms with van der Waals surface area (Å²) < 4.78 is 52.1. The maximum Gasteiger partial charge on any atom is 0.433 e. The van der Waals surface area contributed by atoms with Gasteiger partial charge in [0, 0.05) is 6.04 Å². The first-order valence-corrected chi connectivity index (χ1v) is 8.53. The number of nitrogens with zero attached hydrogens (tertiary/aromatic N) is 2. The van der Waals surface area contributed by atoms with Crippen LogP contribution in [0, 0.1) is 0 Å². The van der Waals surface area contributed by atoms with E-state index in [0.29, 0.717) is 30.3 Å². The Hall–Kier alpha value is -2.71. The third kappa shape index (κ3) is 3.86. The molecule has 146 valence electrons. The normalized spacial score (nSPS) is 14.9. The second-order valence-corrected chi connectivity index (χ2v) is 6.54. The van der Waals surface area contributed by atoms with E-state index in [9.17, 15) is 18.0 Å². The van der Waals surface area contributed by atoms with Gasteiger partial charge in [-0.25, -0.2) is 0 Å². The lowest BCUT2D eigenvalue weighted by Gasteiger charge is -2.21. The molecule has 1 amide bonds. The van der Waals surface area contributed by atoms with Crippen molar-refractivity contribution in [1.29, 1.82) is 0 Å². The van der Waals surface area contributed by atoms with Gasteiger partial charge in [-0.3, -0.25) is 9.48 Å². The van der Waals surface area contributed by atoms with Crippen LogP contribution in [0.5, 0.6) is 11.5 Å². The number of aromatic nitrogens is 2. The van der Waals surface area contributed by atoms with Gasteiger partial charge in [0.1, 0.15) is 13.2 Å². The minimum atomic E-state index is -4.69. The molecule has 27 heavy (non-hydrogen) atoms. The number of halogens is 3. The molecule has 9 heteroatoms. The van der Waals surface area contributed by atoms with Crippen molar-refractivity contribution in [2.45, 2.75) is 39.0 Å². The Morgan fingerprint density at radius 3 is 2.48 bits per heavy atom. The highest BCUT2D eigenvalue weighted by atomic mass is 19.4. The molecule has 0 spiro atoms. The molecule has 0 aliphatic carbocycles. The first kappa shape index (κ1) is 19.1. The third-order valence-electron chi connectivity index (χ3n) is 4.21. The molecule has 0 saturated carbocycles. The Labute approximate surface area is 154 Å². The van der Waals surface area contributed by atoms with Gasteiger partial charge in [0.2, 0.25) is 0 Å². The Morgan fingerprint density at radius 1 is 1.19 bits per heavy atom. The van der Waals surface area contributed by atoms with Crippen molar-refractivity contribution >= 4 is 5.91 Å². The molecule has 1 aliphatic rings. The van der Waals surface area contributed by atoms with Crippen LogP contribution in [0.4, 0.5) is 13.2 Å². The van der Waals surface area contributed by atoms with Crippen molar-refractivity contribution in [3.63, 3.8) is 0 Å². The summed E-state index contributed by atoms with van der Waals surface area (Å²) in [5.41, 5.74) is -0.859. The SMILES string of the molecule is CC(NC(=O)c1cnn(C(C)C)c1C(F)(F)F)c1ccc2c(c1)OCCO2. The number of benzene rings is 1. The quantitative estimate of drug-likeness (QED) is 0.874. The highest BCUT2D eigenvalue weighted by Gasteiger charge is 2.40. The molecule has 0 radical (unpaired) electrons. The largest absolute Gasteiger partial charge is 0.486 e. The fraction of sp³-hybridized carbons (Fsp3) is 0.444. The fourth-order valence-electron chi connectivity index (χ4n) is 2.89. The zero-order valence-electron chi connectivity index (χ0n) is 15.1. The second kappa shape index (κ2) is 7.13. The van der Waals surface area contributed by atoms with Crippen molar-refractivity contribution in [2.75, 3.05) is 13.2 Å². The van der Waals surface area contributed by atoms with Crippen molar-refractivity contribution in [3.05, 3.63) is 41.2 Å². The monoisotopic (exact) mass is 383 g/mol. The Bertz CT molecular complexity index is 846. The molecule has 0 fully saturated rings. The molecule has 0 bridgehead atoms. The standard InChI is InChI=1S/C18H20F3N3O3/c1-10(2)24-16(18(19,20)21)13(9-22-24)17(25)23-11(3)12-4-5-14-15(8-12)27-7-6-26-14/h4-5,8-11H,6-7H2,1-3H3,(H,23,25). The van der Waals surface area contributed by atoms with E-state index < -0.39 is 35.4 Å². The van der Waals surface area contributed by atoms with Crippen LogP contribution in [0.1, 0.15) is 54.5 Å². The molecule has 1 atom stereocenters. The van der Waals surface area contributed by atoms with Crippen molar-refractivity contribution in [3.8, 4) is 11.5 Å². The van der Waals surface area contributed by atoms with Crippen LogP contribution in [-0.2, 0) is 6.18 Å². The predicted molar refractivity (Wildman–Crippen MR) is 90.9 cm³/mol. The average molecular weight is 383 g/mol. The van der Waals surface area contributed by atoms with Gasteiger partial charge in [0.05, 0.1) is 17.8 Å². The molecule has 0 saturated heterocycles. The van der Waals surface area contributed by atoms with Crippen LogP contribution in [0.2, 0.25) is 0 Å². The molecular weight excluding hydrogens is 363 g/mol. The van der Waals surface area contributed by atoms with Crippen molar-refractivity contribution in [1.82, 2.24) is 15.1 Å². The lowest BCUT2D eigenvalue weighted by atomic mass is 10.1. The molecule has 2 aromatic rings. The molecular formula is C18H20F3N3O3. The number of nitrogens with one attached hydrogen (secondary N) is 1. The Morgan fingerprint density at radius 2 is 1.85 bits per heavy atom. The van der Waals surface area contributed by atoms with E-state index in [1.807, 2.05) is 0 Å². The van der Waals surface area contributed by atoms with Gasteiger partial charge < -0.3 is 14.8 Å². The van der Waals surface area contributed by atoms with Crippen LogP contribution in [0.25, 0.3) is 0 Å². The van der Waals surface area contributed by atoms with Crippen molar-refractivity contribution in [2.24, 2.45) is 0 Å². The van der Waals surface area contributed by atoms with E-state index in [4.69, 9.17) is 9.47 Å². The van der Waals surface area contributed by atoms with Gasteiger partial charge in [-0.15, -0.1) is 0 Å². The molecule has 1 aliphatic heterocycles. The highest BCUT2D eigenvalue weighted by Crippen LogP contribution is 2.35. The van der Waals surface area contributed by atoms with Crippen LogP contribution >= 0.6 is 0 Å². The predicted octanol–water partition coefficient (Wildman–Crippen LogP) is 3.75. The van der Waals surface area contributed by atoms with Gasteiger partial charge in [-0.1, -0.05) is 6.07 Å². The number of hydrogen-bond acceptors (Lipinski definition) is 4. The fourth-order valence-corrected chi connectivity index (χ4v) is 2.89. The summed E-state index contributed by atoms with van der Waals surface area (Å²) in [6.45, 7) is 5.70. The Balaban J connectivity index is 1.83. The third-order valence-corrected chi connectivity index (χ3v) is 4.21. The summed E-state index contributed by atoms with van der Waals surface area (Å²) in [7, 11) is 0. The first-order chi connectivity index (χ1) is 12.7. The van der Waals surface area contributed by atoms with Gasteiger partial charge in [0.25, 0.3) is 5.91 Å². The summed E-state index contributed by atoms with van der Waals surface area (Å²) in [5.74, 6) is 0.307. The minimum Gasteiger partial charge on any atom is -0.486 e. The van der Waals surface area contributed by atoms with E-state index in [-0.39, 0.29) is 0 Å². The second-order valence-electron chi connectivity index (χ2n) is 6.54. The summed E-state index contributed by atoms with van der Waals surface area (Å²) in [6, 6.07) is 4.10. The number of carbonyl (C=O) groups excluding carboxylic acids is 1. The Kier molecular flexibility index (Phi) is 5.03. The van der Waals surface area contributed by atoms with E-state index in [0.717, 1.165) is 10.9 Å². The summed E-state index contributed by atoms with van der Waals surface area (Å²) >= 11 is 0. The van der Waals surface area contributed by atoms with Crippen LogP contribution in [0.15, 0.2) is 24.4 Å². The van der Waals surface area contributed by atoms with E-state index in [2.05, 4.69) is 10.4 Å². The lowest BCUT2D eigenvalue weighted by Crippen LogP contribution is -2.29. The van der Waals surface area contributed by atoms with Crippen LogP contribution in [0.3, 0.4) is 0 Å². The molecule has 1 N–H and O–H groups in total. The molecule has 6 nitrogen and oxygen atoms in total. The van der Waals surface area contributed by atoms with E-state index in [1.165, 1.54) is 0 Å². The van der Waals surface area contributed by atoms with Crippen molar-refractivity contribution < 1.29 is 27.4 Å². The first-order valence-electron chi connectivity index (χ1n) is 8.53. The van der Waals surface area contributed by atoms with Crippen LogP contribution < -0.4 is 14.8 Å². The number of alkyl halides is 3. The topological polar surface area (TPSA) is 65.4 Å². The molecule has 1 aromatic heterocycles. The van der Waals surface area contributed by atoms with Gasteiger partial charge in [-0.2, -0.15) is 18.3 Å². The van der Waals surface area contributed by atoms with Gasteiger partial charge in [-0.05, 0) is 38.5 Å². The summed E-state index contributed by atoms with van der Waals surface area (Å²) in [6.07, 6.45) is -3.73. The number of fused-ring (bicyclic) bond motifs is 1. The minimum absolute atomic E-state index is 0.417. The number of ether oxygens (including phenoxy) is 2. The summed E-state index contributed by atoms with van der Waals surface area (Å²) in [4.78, 5) is 12.5. The number of carbonyl (C=O) groups is 1. The number of hydrogen-bond donors (Lipinski definition) is 1. The average Bonchev–Trinajstić information content (AvgIpc) is 3.07. The lowest BCUT2D eigenvalue weighted by molar-refractivity contribution is -0.145. The maximum absolute atomic E-state index is 13.4. The molecule has 1 aromatic carbocycles. The number of rotatable bonds is 4. The maximum atomic E-state index is 13.4. The highest BCUT2D eigenvalue weighted by molar-refractivity contribution is 5.95. The molecule has 2 heterocycles. The summed E-state index contributed by atoms with van der Waals surface area (Å²) in [5, 5.41) is 6.34. The van der Waals surface area contributed by atoms with E-state index >= 15 is 0 Å². The zero-order valence-corrected chi connectivity index (χ0v) is 15.1. The molecule has 1 unspecified atom stereocenters. The van der Waals surface area contributed by atoms with E-state index in [1.54, 1.807) is 39.0 Å². The van der Waals surface area contributed by atoms with Gasteiger partial charge >= 0.3 is 6.18 Å². The number of amides is 1. The van der Waals surface area contributed by atoms with Gasteiger partial charge in [0.15, 0.2) is 17.2 Å². The van der Waals surface area contributed by atoms with Crippen LogP contribution in [-0.4, -0.2) is 28.9 Å².